The van der Waals surface area contributed by atoms with Crippen molar-refractivity contribution in [1.82, 2.24) is 0 Å². The molecule has 0 spiro atoms. The van der Waals surface area contributed by atoms with E-state index in [-0.39, 0.29) is 24.9 Å². The summed E-state index contributed by atoms with van der Waals surface area (Å²) in [5.74, 6) is 0.716. The normalized spacial score (nSPS) is 16.6. The molecule has 3 aromatic carbocycles. The molecule has 0 unspecified atom stereocenters. The van der Waals surface area contributed by atoms with Gasteiger partial charge in [-0.1, -0.05) is 42.5 Å². The Morgan fingerprint density at radius 3 is 2.52 bits per heavy atom. The summed E-state index contributed by atoms with van der Waals surface area (Å²) < 4.78 is 6.99. The van der Waals surface area contributed by atoms with Gasteiger partial charge in [-0.15, -0.1) is 0 Å². The number of carbonyl (C=O) groups excluding carboxylic acids is 1. The number of anilines is 1. The maximum absolute atomic E-state index is 12.9. The molecule has 0 atom stereocenters. The van der Waals surface area contributed by atoms with Gasteiger partial charge >= 0.3 is 0 Å². The van der Waals surface area contributed by atoms with Crippen molar-refractivity contribution >= 4 is 28.4 Å². The zero-order chi connectivity index (χ0) is 20.6. The van der Waals surface area contributed by atoms with E-state index >= 15 is 0 Å². The lowest BCUT2D eigenvalue weighted by Crippen LogP contribution is -3.00. The summed E-state index contributed by atoms with van der Waals surface area (Å²) >= 11 is 0. The van der Waals surface area contributed by atoms with Crippen LogP contribution >= 0.6 is 0 Å². The minimum absolute atomic E-state index is 0. The number of likely N-dealkylation sites (tertiary alicyclic amines) is 1. The van der Waals surface area contributed by atoms with E-state index in [1.54, 1.807) is 0 Å². The average Bonchev–Trinajstić information content (AvgIpc) is 3.20. The molecule has 2 aliphatic rings. The molecule has 3 aromatic rings. The van der Waals surface area contributed by atoms with Gasteiger partial charge in [0.1, 0.15) is 18.9 Å². The van der Waals surface area contributed by atoms with Crippen LogP contribution in [0.25, 0.3) is 16.8 Å². The molecule has 0 aliphatic carbocycles. The van der Waals surface area contributed by atoms with Crippen molar-refractivity contribution in [2.24, 2.45) is 0 Å². The molecule has 0 radical (unpaired) electrons. The van der Waals surface area contributed by atoms with Crippen molar-refractivity contribution in [3.63, 3.8) is 0 Å². The monoisotopic (exact) mass is 434 g/mol. The van der Waals surface area contributed by atoms with Gasteiger partial charge in [-0.2, -0.15) is 0 Å². The van der Waals surface area contributed by atoms with Crippen molar-refractivity contribution in [2.75, 3.05) is 32.1 Å². The van der Waals surface area contributed by atoms with E-state index in [0.29, 0.717) is 5.57 Å². The van der Waals surface area contributed by atoms with Crippen LogP contribution in [0, 0.1) is 0 Å². The molecular formula is C26H27ClN2O2. The molecule has 160 valence electrons. The van der Waals surface area contributed by atoms with Crippen molar-refractivity contribution in [1.29, 1.82) is 0 Å². The minimum atomic E-state index is -0.111. The highest BCUT2D eigenvalue weighted by Crippen LogP contribution is 2.33. The molecule has 0 aromatic heterocycles. The highest BCUT2D eigenvalue weighted by molar-refractivity contribution is 6.09. The quantitative estimate of drug-likeness (QED) is 0.638. The van der Waals surface area contributed by atoms with Gasteiger partial charge in [0.15, 0.2) is 0 Å². The topological polar surface area (TPSA) is 38.3 Å². The predicted octanol–water partition coefficient (Wildman–Crippen LogP) is 2.00. The molecule has 31 heavy (non-hydrogen) atoms. The van der Waals surface area contributed by atoms with E-state index in [1.165, 1.54) is 31.5 Å². The Labute approximate surface area is 189 Å². The third kappa shape index (κ3) is 4.46. The SMILES string of the molecule is C[N+]1(Cc2ccc(NC(=O)C3=Cc4c(ccc5ccccc45)OC3)cc2)CCCC1.[Cl-]. The van der Waals surface area contributed by atoms with Crippen LogP contribution in [0.4, 0.5) is 5.69 Å². The van der Waals surface area contributed by atoms with E-state index in [1.807, 2.05) is 36.4 Å². The van der Waals surface area contributed by atoms with Gasteiger partial charge < -0.3 is 26.9 Å². The fraction of sp³-hybridized carbons (Fsp3) is 0.269. The molecule has 5 rings (SSSR count). The summed E-state index contributed by atoms with van der Waals surface area (Å²) in [6.07, 6.45) is 4.60. The molecule has 1 saturated heterocycles. The second kappa shape index (κ2) is 8.74. The van der Waals surface area contributed by atoms with Crippen LogP contribution in [0.5, 0.6) is 5.75 Å². The lowest BCUT2D eigenvalue weighted by atomic mass is 9.99. The van der Waals surface area contributed by atoms with E-state index in [9.17, 15) is 4.79 Å². The maximum atomic E-state index is 12.9. The van der Waals surface area contributed by atoms with Crippen LogP contribution in [0.1, 0.15) is 24.0 Å². The lowest BCUT2D eigenvalue weighted by molar-refractivity contribution is -0.910. The first kappa shape index (κ1) is 21.4. The van der Waals surface area contributed by atoms with Crippen LogP contribution in [0.3, 0.4) is 0 Å². The fourth-order valence-electron chi connectivity index (χ4n) is 4.66. The Kier molecular flexibility index (Phi) is 6.03. The number of quaternary nitrogens is 1. The van der Waals surface area contributed by atoms with Crippen molar-refractivity contribution in [3.05, 3.63) is 77.4 Å². The van der Waals surface area contributed by atoms with Crippen molar-refractivity contribution in [2.45, 2.75) is 19.4 Å². The molecule has 4 nitrogen and oxygen atoms in total. The van der Waals surface area contributed by atoms with E-state index in [0.717, 1.165) is 38.8 Å². The summed E-state index contributed by atoms with van der Waals surface area (Å²) in [6.45, 7) is 3.84. The number of benzene rings is 3. The molecular weight excluding hydrogens is 408 g/mol. The van der Waals surface area contributed by atoms with Crippen LogP contribution < -0.4 is 22.5 Å². The minimum Gasteiger partial charge on any atom is -1.00 e. The zero-order valence-corrected chi connectivity index (χ0v) is 18.5. The zero-order valence-electron chi connectivity index (χ0n) is 17.7. The highest BCUT2D eigenvalue weighted by atomic mass is 35.5. The van der Waals surface area contributed by atoms with E-state index in [4.69, 9.17) is 4.74 Å². The van der Waals surface area contributed by atoms with Crippen LogP contribution in [-0.2, 0) is 11.3 Å². The Morgan fingerprint density at radius 2 is 1.74 bits per heavy atom. The van der Waals surface area contributed by atoms with Gasteiger partial charge in [-0.25, -0.2) is 0 Å². The Morgan fingerprint density at radius 1 is 1.00 bits per heavy atom. The number of amides is 1. The Hall–Kier alpha value is -2.82. The standard InChI is InChI=1S/C26H26N2O2.ClH/c1-28(14-4-5-15-28)17-19-8-11-22(12-9-19)27-26(29)21-16-24-23-7-3-2-6-20(23)10-13-25(24)30-18-21;/h2-3,6-13,16H,4-5,14-15,17-18H2,1H3;1H. The summed E-state index contributed by atoms with van der Waals surface area (Å²) in [5, 5.41) is 5.27. The number of hydrogen-bond donors (Lipinski definition) is 1. The van der Waals surface area contributed by atoms with Gasteiger partial charge in [-0.3, -0.25) is 4.79 Å². The fourth-order valence-corrected chi connectivity index (χ4v) is 4.66. The van der Waals surface area contributed by atoms with Gasteiger partial charge in [-0.05, 0) is 35.0 Å². The molecule has 0 bridgehead atoms. The largest absolute Gasteiger partial charge is 1.00 e. The van der Waals surface area contributed by atoms with Crippen LogP contribution in [0.15, 0.2) is 66.2 Å². The Bertz CT molecular complexity index is 1130. The maximum Gasteiger partial charge on any atom is 0.255 e. The number of ether oxygens (including phenoxy) is 1. The van der Waals surface area contributed by atoms with Crippen molar-refractivity contribution < 1.29 is 26.4 Å². The third-order valence-electron chi connectivity index (χ3n) is 6.35. The lowest BCUT2D eigenvalue weighted by Gasteiger charge is -2.29. The van der Waals surface area contributed by atoms with Gasteiger partial charge in [0.25, 0.3) is 5.91 Å². The highest BCUT2D eigenvalue weighted by Gasteiger charge is 2.26. The number of fused-ring (bicyclic) bond motifs is 3. The first-order valence-electron chi connectivity index (χ1n) is 10.7. The van der Waals surface area contributed by atoms with E-state index < -0.39 is 0 Å². The summed E-state index contributed by atoms with van der Waals surface area (Å²) in [4.78, 5) is 12.9. The third-order valence-corrected chi connectivity index (χ3v) is 6.35. The number of halogens is 1. The number of hydrogen-bond acceptors (Lipinski definition) is 2. The first-order valence-corrected chi connectivity index (χ1v) is 10.7. The van der Waals surface area contributed by atoms with E-state index in [2.05, 4.69) is 42.7 Å². The summed E-state index contributed by atoms with van der Waals surface area (Å²) in [7, 11) is 2.33. The molecule has 2 aliphatic heterocycles. The Balaban J connectivity index is 0.00000231. The summed E-state index contributed by atoms with van der Waals surface area (Å²) in [5.41, 5.74) is 3.75. The van der Waals surface area contributed by atoms with Gasteiger partial charge in [0.05, 0.1) is 25.7 Å². The number of nitrogens with one attached hydrogen (secondary N) is 1. The van der Waals surface area contributed by atoms with Crippen LogP contribution in [-0.4, -0.2) is 37.1 Å². The molecule has 1 N–H and O–H groups in total. The van der Waals surface area contributed by atoms with Crippen molar-refractivity contribution in [3.8, 4) is 5.75 Å². The molecule has 1 amide bonds. The predicted molar refractivity (Wildman–Crippen MR) is 121 cm³/mol. The molecule has 0 saturated carbocycles. The average molecular weight is 435 g/mol. The van der Waals surface area contributed by atoms with Crippen LogP contribution in [0.2, 0.25) is 0 Å². The number of carbonyl (C=O) groups is 1. The molecule has 5 heteroatoms. The second-order valence-electron chi connectivity index (χ2n) is 8.74. The number of rotatable bonds is 4. The first-order chi connectivity index (χ1) is 14.6. The van der Waals surface area contributed by atoms with Gasteiger partial charge in [0.2, 0.25) is 0 Å². The smallest absolute Gasteiger partial charge is 0.255 e. The second-order valence-corrected chi connectivity index (χ2v) is 8.74. The number of nitrogens with zero attached hydrogens (tertiary/aromatic N) is 1. The molecule has 1 fully saturated rings. The molecule has 2 heterocycles. The summed E-state index contributed by atoms with van der Waals surface area (Å²) in [6, 6.07) is 20.5. The van der Waals surface area contributed by atoms with Gasteiger partial charge in [0, 0.05) is 29.7 Å².